The molecule has 0 spiro atoms. The molecule has 0 saturated carbocycles. The number of carbonyl (C=O) groups excluding carboxylic acids is 1. The minimum Gasteiger partial charge on any atom is -0.444 e. The van der Waals surface area contributed by atoms with Gasteiger partial charge in [-0.3, -0.25) is 0 Å². The van der Waals surface area contributed by atoms with Crippen LogP contribution in [0.5, 0.6) is 0 Å². The third-order valence-corrected chi connectivity index (χ3v) is 12.3. The summed E-state index contributed by atoms with van der Waals surface area (Å²) in [6.07, 6.45) is 4.61. The van der Waals surface area contributed by atoms with E-state index in [0.29, 0.717) is 12.0 Å². The lowest BCUT2D eigenvalue weighted by Crippen LogP contribution is -2.39. The SMILES string of the molecule is CC(C)C[C@@H](/C=C/S(=O)(=O)N[C@H](/C=C/S(=O)(=O)N[C@@H](C)/C=C/S(=O)(=O)N[C@H](/C=C/S(=O)(=O)NCc1ccccc1)C(C)C)Cc1ccccc1)NC(=O)OC(C)(C)C. The lowest BCUT2D eigenvalue weighted by molar-refractivity contribution is 0.0510. The van der Waals surface area contributed by atoms with Gasteiger partial charge in [-0.15, -0.1) is 0 Å². The Kier molecular flexibility index (Phi) is 19.7. The Morgan fingerprint density at radius 3 is 1.64 bits per heavy atom. The molecule has 58 heavy (non-hydrogen) atoms. The minimum atomic E-state index is -4.24. The van der Waals surface area contributed by atoms with Gasteiger partial charge in [-0.2, -0.15) is 0 Å². The molecule has 2 aromatic carbocycles. The van der Waals surface area contributed by atoms with Gasteiger partial charge in [-0.1, -0.05) is 107 Å². The van der Waals surface area contributed by atoms with Gasteiger partial charge in [0.15, 0.2) is 0 Å². The van der Waals surface area contributed by atoms with Gasteiger partial charge in [0.1, 0.15) is 5.60 Å². The van der Waals surface area contributed by atoms with Crippen LogP contribution < -0.4 is 24.2 Å². The standard InChI is InChI=1S/C39H59N5O10S4/c1-30(2)27-35(41-38(45)54-39(6,7)8)20-24-57(50,51)43-36(28-33-15-11-9-12-16-33)21-25-56(48,49)42-32(5)19-23-58(52,53)44-37(31(3)4)22-26-55(46,47)40-29-34-17-13-10-14-18-34/h9-26,30-32,35-37,40,42-44H,27-29H2,1-8H3,(H,41,45)/b23-19+,24-20+,25-21+,26-22+/t32-,35+,36+,37+/m0/s1. The molecule has 0 aliphatic rings. The number of hydrogen-bond acceptors (Lipinski definition) is 10. The highest BCUT2D eigenvalue weighted by molar-refractivity contribution is 7.93. The number of amides is 1. The second kappa shape index (κ2) is 22.6. The van der Waals surface area contributed by atoms with Crippen molar-refractivity contribution in [2.45, 2.75) is 105 Å². The zero-order chi connectivity index (χ0) is 43.8. The van der Waals surface area contributed by atoms with Crippen molar-refractivity contribution in [3.8, 4) is 0 Å². The summed E-state index contributed by atoms with van der Waals surface area (Å²) in [5.74, 6) is -0.254. The first-order chi connectivity index (χ1) is 26.7. The number of nitrogens with one attached hydrogen (secondary N) is 5. The van der Waals surface area contributed by atoms with Gasteiger partial charge in [0, 0.05) is 46.3 Å². The zero-order valence-electron chi connectivity index (χ0n) is 34.2. The van der Waals surface area contributed by atoms with Crippen LogP contribution in [0.2, 0.25) is 0 Å². The van der Waals surface area contributed by atoms with Crippen molar-refractivity contribution in [3.63, 3.8) is 0 Å². The van der Waals surface area contributed by atoms with E-state index >= 15 is 0 Å². The molecule has 2 rings (SSSR count). The third-order valence-electron chi connectivity index (χ3n) is 7.72. The van der Waals surface area contributed by atoms with E-state index in [0.717, 1.165) is 33.3 Å². The van der Waals surface area contributed by atoms with Crippen LogP contribution in [-0.4, -0.2) is 69.5 Å². The maximum atomic E-state index is 13.3. The van der Waals surface area contributed by atoms with Crippen LogP contribution in [0.15, 0.2) is 107 Å². The third kappa shape index (κ3) is 22.5. The van der Waals surface area contributed by atoms with E-state index in [-0.39, 0.29) is 24.8 Å². The summed E-state index contributed by atoms with van der Waals surface area (Å²) < 4.78 is 119. The van der Waals surface area contributed by atoms with E-state index in [1.807, 2.05) is 13.8 Å². The predicted molar refractivity (Wildman–Crippen MR) is 230 cm³/mol. The van der Waals surface area contributed by atoms with E-state index < -0.39 is 76.0 Å². The molecule has 0 heterocycles. The lowest BCUT2D eigenvalue weighted by atomic mass is 10.0. The molecule has 0 aliphatic heterocycles. The second-order valence-corrected chi connectivity index (χ2v) is 21.8. The molecule has 1 amide bonds. The van der Waals surface area contributed by atoms with Crippen LogP contribution in [0.25, 0.3) is 0 Å². The molecule has 0 radical (unpaired) electrons. The molecule has 0 aliphatic carbocycles. The highest BCUT2D eigenvalue weighted by atomic mass is 32.2. The number of carbonyl (C=O) groups is 1. The fraction of sp³-hybridized carbons (Fsp3) is 0.462. The molecule has 4 atom stereocenters. The first-order valence-electron chi connectivity index (χ1n) is 18.6. The molecule has 19 heteroatoms. The fourth-order valence-corrected chi connectivity index (χ4v) is 9.24. The van der Waals surface area contributed by atoms with Gasteiger partial charge in [0.2, 0.25) is 40.1 Å². The van der Waals surface area contributed by atoms with Crippen LogP contribution in [0.4, 0.5) is 4.79 Å². The van der Waals surface area contributed by atoms with Crippen molar-refractivity contribution in [1.82, 2.24) is 24.2 Å². The van der Waals surface area contributed by atoms with Crippen LogP contribution >= 0.6 is 0 Å². The first-order valence-corrected chi connectivity index (χ1v) is 24.8. The average Bonchev–Trinajstić information content (AvgIpc) is 3.09. The molecule has 0 aromatic heterocycles. The van der Waals surface area contributed by atoms with E-state index in [9.17, 15) is 38.5 Å². The maximum Gasteiger partial charge on any atom is 0.408 e. The minimum absolute atomic E-state index is 0.0491. The smallest absolute Gasteiger partial charge is 0.408 e. The molecule has 5 N–H and O–H groups in total. The molecule has 0 fully saturated rings. The Balaban J connectivity index is 2.17. The van der Waals surface area contributed by atoms with E-state index in [1.165, 1.54) is 25.2 Å². The van der Waals surface area contributed by atoms with Crippen LogP contribution in [0.1, 0.15) is 72.9 Å². The average molecular weight is 886 g/mol. The van der Waals surface area contributed by atoms with Gasteiger partial charge in [0.25, 0.3) is 0 Å². The molecule has 324 valence electrons. The zero-order valence-corrected chi connectivity index (χ0v) is 37.5. The summed E-state index contributed by atoms with van der Waals surface area (Å²) in [6, 6.07) is 14.0. The molecular weight excluding hydrogens is 827 g/mol. The monoisotopic (exact) mass is 885 g/mol. The van der Waals surface area contributed by atoms with Crippen LogP contribution in [0, 0.1) is 11.8 Å². The quantitative estimate of drug-likeness (QED) is 0.102. The van der Waals surface area contributed by atoms with Crippen LogP contribution in [0.3, 0.4) is 0 Å². The fourth-order valence-electron chi connectivity index (χ4n) is 5.02. The largest absolute Gasteiger partial charge is 0.444 e. The number of rotatable bonds is 23. The van der Waals surface area contributed by atoms with Crippen molar-refractivity contribution >= 4 is 46.2 Å². The lowest BCUT2D eigenvalue weighted by Gasteiger charge is -2.23. The summed E-state index contributed by atoms with van der Waals surface area (Å²) in [5.41, 5.74) is 0.695. The van der Waals surface area contributed by atoms with Gasteiger partial charge in [-0.05, 0) is 69.6 Å². The topological polar surface area (TPSA) is 223 Å². The molecule has 0 bridgehead atoms. The molecule has 0 saturated heterocycles. The molecule has 0 unspecified atom stereocenters. The van der Waals surface area contributed by atoms with Gasteiger partial charge in [0.05, 0.1) is 6.04 Å². The summed E-state index contributed by atoms with van der Waals surface area (Å²) >= 11 is 0. The number of hydrogen-bond donors (Lipinski definition) is 5. The first kappa shape index (κ1) is 50.5. The van der Waals surface area contributed by atoms with Crippen molar-refractivity contribution in [2.75, 3.05) is 0 Å². The van der Waals surface area contributed by atoms with Crippen molar-refractivity contribution in [1.29, 1.82) is 0 Å². The van der Waals surface area contributed by atoms with Gasteiger partial charge in [-0.25, -0.2) is 57.4 Å². The van der Waals surface area contributed by atoms with Crippen molar-refractivity contribution < 1.29 is 43.2 Å². The van der Waals surface area contributed by atoms with E-state index in [1.54, 1.807) is 95.3 Å². The van der Waals surface area contributed by atoms with E-state index in [2.05, 4.69) is 24.2 Å². The normalized spacial score (nSPS) is 15.8. The van der Waals surface area contributed by atoms with E-state index in [4.69, 9.17) is 4.74 Å². The van der Waals surface area contributed by atoms with Gasteiger partial charge < -0.3 is 10.1 Å². The van der Waals surface area contributed by atoms with Gasteiger partial charge >= 0.3 is 6.09 Å². The Bertz CT molecular complexity index is 2170. The predicted octanol–water partition coefficient (Wildman–Crippen LogP) is 4.88. The Hall–Kier alpha value is -3.69. The molecular formula is C39H59N5O10S4. The molecule has 15 nitrogen and oxygen atoms in total. The summed E-state index contributed by atoms with van der Waals surface area (Å²) in [5, 5.41) is 6.05. The second-order valence-electron chi connectivity index (χ2n) is 15.4. The maximum absolute atomic E-state index is 13.3. The Morgan fingerprint density at radius 2 is 1.10 bits per heavy atom. The van der Waals surface area contributed by atoms with Crippen molar-refractivity contribution in [2.24, 2.45) is 11.8 Å². The summed E-state index contributed by atoms with van der Waals surface area (Å²) in [4.78, 5) is 12.4. The summed E-state index contributed by atoms with van der Waals surface area (Å²) in [7, 11) is -16.5. The Labute approximate surface area is 346 Å². The number of ether oxygens (including phenoxy) is 1. The molecule has 2 aromatic rings. The Morgan fingerprint density at radius 1 is 0.621 bits per heavy atom. The number of sulfonamides is 4. The van der Waals surface area contributed by atoms with Crippen LogP contribution in [-0.2, 0) is 57.8 Å². The summed E-state index contributed by atoms with van der Waals surface area (Å²) in [6.45, 7) is 13.8. The highest BCUT2D eigenvalue weighted by Gasteiger charge is 2.22. The number of benzene rings is 2. The van der Waals surface area contributed by atoms with Crippen molar-refractivity contribution in [3.05, 3.63) is 118 Å². The highest BCUT2D eigenvalue weighted by Crippen LogP contribution is 2.13. The number of alkyl carbamates (subject to hydrolysis) is 1.